The molecule has 1 rings (SSSR count). The summed E-state index contributed by atoms with van der Waals surface area (Å²) in [7, 11) is 0. The molecule has 0 unspecified atom stereocenters. The zero-order valence-corrected chi connectivity index (χ0v) is 9.72. The number of ether oxygens (including phenoxy) is 1. The number of halogens is 3. The van der Waals surface area contributed by atoms with Crippen molar-refractivity contribution in [1.29, 1.82) is 0 Å². The van der Waals surface area contributed by atoms with E-state index in [4.69, 9.17) is 4.74 Å². The Morgan fingerprint density at radius 2 is 1.88 bits per heavy atom. The van der Waals surface area contributed by atoms with Crippen LogP contribution in [0.3, 0.4) is 0 Å². The van der Waals surface area contributed by atoms with E-state index in [1.807, 2.05) is 6.92 Å². The Morgan fingerprint density at radius 1 is 1.25 bits per heavy atom. The van der Waals surface area contributed by atoms with Crippen molar-refractivity contribution < 1.29 is 17.9 Å². The first-order valence-corrected chi connectivity index (χ1v) is 5.91. The van der Waals surface area contributed by atoms with Crippen LogP contribution < -0.4 is 0 Å². The van der Waals surface area contributed by atoms with Gasteiger partial charge < -0.3 is 9.64 Å². The van der Waals surface area contributed by atoms with Crippen LogP contribution in [0.25, 0.3) is 0 Å². The molecule has 0 aromatic carbocycles. The first-order chi connectivity index (χ1) is 7.54. The highest BCUT2D eigenvalue weighted by atomic mass is 19.4. The first kappa shape index (κ1) is 13.8. The van der Waals surface area contributed by atoms with Crippen LogP contribution in [0.5, 0.6) is 0 Å². The zero-order valence-electron chi connectivity index (χ0n) is 9.72. The van der Waals surface area contributed by atoms with Crippen molar-refractivity contribution >= 4 is 0 Å². The Kier molecular flexibility index (Phi) is 5.55. The molecule has 0 aromatic rings. The number of hydrogen-bond donors (Lipinski definition) is 0. The topological polar surface area (TPSA) is 12.5 Å². The van der Waals surface area contributed by atoms with Gasteiger partial charge in [-0.2, -0.15) is 13.2 Å². The molecule has 0 spiro atoms. The van der Waals surface area contributed by atoms with Crippen molar-refractivity contribution in [3.63, 3.8) is 0 Å². The third-order valence-corrected chi connectivity index (χ3v) is 3.02. The van der Waals surface area contributed by atoms with Gasteiger partial charge in [0.1, 0.15) is 0 Å². The Hall–Kier alpha value is -0.290. The highest BCUT2D eigenvalue weighted by Gasteiger charge is 2.40. The maximum Gasteiger partial charge on any atom is 0.391 e. The summed E-state index contributed by atoms with van der Waals surface area (Å²) in [6.45, 7) is 5.33. The largest absolute Gasteiger partial charge is 0.391 e. The summed E-state index contributed by atoms with van der Waals surface area (Å²) in [5, 5.41) is 0. The fraction of sp³-hybridized carbons (Fsp3) is 1.00. The molecule has 1 heterocycles. The summed E-state index contributed by atoms with van der Waals surface area (Å²) in [4.78, 5) is 2.10. The highest BCUT2D eigenvalue weighted by Crippen LogP contribution is 2.33. The zero-order chi connectivity index (χ0) is 12.0. The molecule has 0 aliphatic carbocycles. The van der Waals surface area contributed by atoms with Crippen LogP contribution in [0.2, 0.25) is 0 Å². The SMILES string of the molecule is CCOCCCN1CCC(C(F)(F)F)CC1. The monoisotopic (exact) mass is 239 g/mol. The maximum absolute atomic E-state index is 12.4. The van der Waals surface area contributed by atoms with Crippen LogP contribution >= 0.6 is 0 Å². The summed E-state index contributed by atoms with van der Waals surface area (Å²) in [5.41, 5.74) is 0. The van der Waals surface area contributed by atoms with E-state index in [1.54, 1.807) is 0 Å². The molecular weight excluding hydrogens is 219 g/mol. The third-order valence-electron chi connectivity index (χ3n) is 3.02. The van der Waals surface area contributed by atoms with Crippen LogP contribution in [-0.4, -0.2) is 43.9 Å². The molecule has 5 heteroatoms. The van der Waals surface area contributed by atoms with Gasteiger partial charge in [-0.15, -0.1) is 0 Å². The van der Waals surface area contributed by atoms with Crippen molar-refractivity contribution in [1.82, 2.24) is 4.90 Å². The Balaban J connectivity index is 2.12. The smallest absolute Gasteiger partial charge is 0.382 e. The van der Waals surface area contributed by atoms with Crippen LogP contribution in [0, 0.1) is 5.92 Å². The van der Waals surface area contributed by atoms with Crippen LogP contribution in [0.4, 0.5) is 13.2 Å². The number of hydrogen-bond acceptors (Lipinski definition) is 2. The minimum absolute atomic E-state index is 0.248. The van der Waals surface area contributed by atoms with E-state index in [0.29, 0.717) is 26.3 Å². The third kappa shape index (κ3) is 4.70. The molecule has 16 heavy (non-hydrogen) atoms. The number of alkyl halides is 3. The van der Waals surface area contributed by atoms with E-state index < -0.39 is 12.1 Å². The van der Waals surface area contributed by atoms with E-state index in [1.165, 1.54) is 0 Å². The van der Waals surface area contributed by atoms with Gasteiger partial charge in [-0.3, -0.25) is 0 Å². The molecule has 0 atom stereocenters. The molecule has 0 aromatic heterocycles. The van der Waals surface area contributed by atoms with Gasteiger partial charge in [0.2, 0.25) is 0 Å². The van der Waals surface area contributed by atoms with Crippen molar-refractivity contribution in [3.05, 3.63) is 0 Å². The summed E-state index contributed by atoms with van der Waals surface area (Å²) in [6.07, 6.45) is -2.60. The Morgan fingerprint density at radius 3 is 2.38 bits per heavy atom. The second-order valence-corrected chi connectivity index (χ2v) is 4.21. The van der Waals surface area contributed by atoms with E-state index >= 15 is 0 Å². The second-order valence-electron chi connectivity index (χ2n) is 4.21. The quantitative estimate of drug-likeness (QED) is 0.684. The number of likely N-dealkylation sites (tertiary alicyclic amines) is 1. The first-order valence-electron chi connectivity index (χ1n) is 5.91. The van der Waals surface area contributed by atoms with Gasteiger partial charge in [0, 0.05) is 19.8 Å². The molecule has 0 radical (unpaired) electrons. The van der Waals surface area contributed by atoms with Crippen molar-refractivity contribution in [2.45, 2.75) is 32.4 Å². The molecule has 1 fully saturated rings. The molecule has 0 saturated carbocycles. The van der Waals surface area contributed by atoms with Crippen molar-refractivity contribution in [2.75, 3.05) is 32.8 Å². The molecular formula is C11H20F3NO. The van der Waals surface area contributed by atoms with E-state index in [2.05, 4.69) is 4.90 Å². The van der Waals surface area contributed by atoms with Crippen LogP contribution in [0.1, 0.15) is 26.2 Å². The lowest BCUT2D eigenvalue weighted by Gasteiger charge is -2.32. The lowest BCUT2D eigenvalue weighted by molar-refractivity contribution is -0.185. The van der Waals surface area contributed by atoms with Gasteiger partial charge in [0.05, 0.1) is 5.92 Å². The normalized spacial score (nSPS) is 20.2. The van der Waals surface area contributed by atoms with Gasteiger partial charge >= 0.3 is 6.18 Å². The second kappa shape index (κ2) is 6.45. The van der Waals surface area contributed by atoms with E-state index in [0.717, 1.165) is 13.0 Å². The highest BCUT2D eigenvalue weighted by molar-refractivity contribution is 4.76. The van der Waals surface area contributed by atoms with E-state index in [-0.39, 0.29) is 12.8 Å². The Bertz CT molecular complexity index is 188. The lowest BCUT2D eigenvalue weighted by Crippen LogP contribution is -2.39. The van der Waals surface area contributed by atoms with Crippen LogP contribution in [0.15, 0.2) is 0 Å². The summed E-state index contributed by atoms with van der Waals surface area (Å²) < 4.78 is 42.3. The molecule has 0 amide bonds. The number of piperidine rings is 1. The van der Waals surface area contributed by atoms with Crippen LogP contribution in [-0.2, 0) is 4.74 Å². The van der Waals surface area contributed by atoms with E-state index in [9.17, 15) is 13.2 Å². The number of nitrogens with zero attached hydrogens (tertiary/aromatic N) is 1. The fourth-order valence-electron chi connectivity index (χ4n) is 2.02. The average molecular weight is 239 g/mol. The van der Waals surface area contributed by atoms with Gasteiger partial charge in [-0.05, 0) is 39.3 Å². The van der Waals surface area contributed by atoms with Gasteiger partial charge in [0.25, 0.3) is 0 Å². The predicted octanol–water partition coefficient (Wildman–Crippen LogP) is 2.69. The summed E-state index contributed by atoms with van der Waals surface area (Å²) in [5.74, 6) is -1.09. The average Bonchev–Trinajstić information content (AvgIpc) is 2.24. The Labute approximate surface area is 94.8 Å². The molecule has 0 bridgehead atoms. The molecule has 1 saturated heterocycles. The van der Waals surface area contributed by atoms with Crippen molar-refractivity contribution in [3.8, 4) is 0 Å². The number of rotatable bonds is 5. The standard InChI is InChI=1S/C11H20F3NO/c1-2-16-9-3-6-15-7-4-10(5-8-15)11(12,13)14/h10H,2-9H2,1H3. The van der Waals surface area contributed by atoms with Gasteiger partial charge in [-0.1, -0.05) is 0 Å². The molecule has 1 aliphatic heterocycles. The molecule has 2 nitrogen and oxygen atoms in total. The summed E-state index contributed by atoms with van der Waals surface area (Å²) in [6, 6.07) is 0. The molecule has 96 valence electrons. The molecule has 0 N–H and O–H groups in total. The minimum Gasteiger partial charge on any atom is -0.382 e. The minimum atomic E-state index is -4.00. The lowest BCUT2D eigenvalue weighted by atomic mass is 9.96. The van der Waals surface area contributed by atoms with Gasteiger partial charge in [-0.25, -0.2) is 0 Å². The molecule has 1 aliphatic rings. The fourth-order valence-corrected chi connectivity index (χ4v) is 2.02. The van der Waals surface area contributed by atoms with Crippen molar-refractivity contribution in [2.24, 2.45) is 5.92 Å². The summed E-state index contributed by atoms with van der Waals surface area (Å²) >= 11 is 0. The van der Waals surface area contributed by atoms with Gasteiger partial charge in [0.15, 0.2) is 0 Å². The maximum atomic E-state index is 12.4. The predicted molar refractivity (Wildman–Crippen MR) is 56.3 cm³/mol.